The molecule has 2 aromatic carbocycles. The van der Waals surface area contributed by atoms with E-state index in [0.717, 1.165) is 12.8 Å². The number of benzene rings is 2. The van der Waals surface area contributed by atoms with E-state index in [9.17, 15) is 9.59 Å². The summed E-state index contributed by atoms with van der Waals surface area (Å²) >= 11 is 0. The molecule has 5 nitrogen and oxygen atoms in total. The van der Waals surface area contributed by atoms with Gasteiger partial charge in [0.2, 0.25) is 5.91 Å². The van der Waals surface area contributed by atoms with Crippen LogP contribution in [0.25, 0.3) is 0 Å². The van der Waals surface area contributed by atoms with Gasteiger partial charge in [0.1, 0.15) is 0 Å². The number of para-hydroxylation sites is 1. The van der Waals surface area contributed by atoms with Gasteiger partial charge in [-0.05, 0) is 56.9 Å². The van der Waals surface area contributed by atoms with Crippen LogP contribution in [-0.2, 0) is 4.79 Å². The Balaban J connectivity index is 1.59. The second-order valence-electron chi connectivity index (χ2n) is 7.30. The van der Waals surface area contributed by atoms with Crippen LogP contribution in [0.3, 0.4) is 0 Å². The molecule has 1 aliphatic carbocycles. The molecule has 0 spiro atoms. The van der Waals surface area contributed by atoms with Crippen LogP contribution in [0.4, 0.5) is 5.69 Å². The van der Waals surface area contributed by atoms with Crippen LogP contribution in [0.5, 0.6) is 0 Å². The van der Waals surface area contributed by atoms with E-state index in [-0.39, 0.29) is 30.4 Å². The molecule has 142 valence electrons. The van der Waals surface area contributed by atoms with Crippen LogP contribution < -0.4 is 16.0 Å². The van der Waals surface area contributed by atoms with Crippen LogP contribution in [0.1, 0.15) is 52.9 Å². The maximum Gasteiger partial charge on any atom is 0.253 e. The molecule has 0 bridgehead atoms. The van der Waals surface area contributed by atoms with Crippen molar-refractivity contribution in [2.24, 2.45) is 0 Å². The van der Waals surface area contributed by atoms with E-state index < -0.39 is 0 Å². The second kappa shape index (κ2) is 8.35. The van der Waals surface area contributed by atoms with Crippen LogP contribution in [0, 0.1) is 13.8 Å². The van der Waals surface area contributed by atoms with Gasteiger partial charge in [-0.3, -0.25) is 9.59 Å². The Kier molecular flexibility index (Phi) is 5.91. The third kappa shape index (κ3) is 5.17. The molecule has 0 heterocycles. The molecule has 5 heteroatoms. The normalized spacial score (nSPS) is 14.5. The van der Waals surface area contributed by atoms with Crippen molar-refractivity contribution in [3.05, 3.63) is 64.7 Å². The van der Waals surface area contributed by atoms with Crippen molar-refractivity contribution < 1.29 is 9.59 Å². The zero-order valence-corrected chi connectivity index (χ0v) is 16.1. The highest BCUT2D eigenvalue weighted by Crippen LogP contribution is 2.22. The van der Waals surface area contributed by atoms with Gasteiger partial charge in [0.05, 0.1) is 17.8 Å². The van der Waals surface area contributed by atoms with E-state index >= 15 is 0 Å². The molecule has 1 aliphatic rings. The first-order valence-electron chi connectivity index (χ1n) is 9.44. The van der Waals surface area contributed by atoms with E-state index in [2.05, 4.69) is 48.0 Å². The van der Waals surface area contributed by atoms with E-state index in [4.69, 9.17) is 0 Å². The predicted octanol–water partition coefficient (Wildman–Crippen LogP) is 3.48. The minimum absolute atomic E-state index is 0.0593. The number of amides is 2. The summed E-state index contributed by atoms with van der Waals surface area (Å²) in [6.07, 6.45) is 2.06. The van der Waals surface area contributed by atoms with Gasteiger partial charge in [-0.2, -0.15) is 0 Å². The average molecular weight is 365 g/mol. The Morgan fingerprint density at radius 3 is 2.59 bits per heavy atom. The quantitative estimate of drug-likeness (QED) is 0.703. The van der Waals surface area contributed by atoms with Crippen LogP contribution in [0.2, 0.25) is 0 Å². The number of aryl methyl sites for hydroxylation is 2. The molecule has 1 unspecified atom stereocenters. The van der Waals surface area contributed by atoms with E-state index in [0.29, 0.717) is 11.3 Å². The molecular weight excluding hydrogens is 338 g/mol. The van der Waals surface area contributed by atoms with Gasteiger partial charge in [0.15, 0.2) is 0 Å². The molecular formula is C22H27N3O2. The van der Waals surface area contributed by atoms with Crippen molar-refractivity contribution >= 4 is 17.5 Å². The first kappa shape index (κ1) is 19.1. The number of carbonyl (C=O) groups is 2. The fraction of sp³-hybridized carbons (Fsp3) is 0.364. The van der Waals surface area contributed by atoms with Gasteiger partial charge in [0.25, 0.3) is 5.91 Å². The van der Waals surface area contributed by atoms with Crippen LogP contribution in [-0.4, -0.2) is 24.4 Å². The SMILES string of the molecule is Cc1ccc(C)c(C(C)NCC(=O)Nc2ccccc2C(=O)NC2CC2)c1. The predicted molar refractivity (Wildman–Crippen MR) is 108 cm³/mol. The summed E-state index contributed by atoms with van der Waals surface area (Å²) in [7, 11) is 0. The van der Waals surface area contributed by atoms with E-state index in [1.807, 2.05) is 13.0 Å². The molecule has 1 fully saturated rings. The van der Waals surface area contributed by atoms with Gasteiger partial charge in [-0.25, -0.2) is 0 Å². The number of hydrogen-bond donors (Lipinski definition) is 3. The van der Waals surface area contributed by atoms with Gasteiger partial charge in [-0.15, -0.1) is 0 Å². The third-order valence-corrected chi connectivity index (χ3v) is 4.83. The maximum absolute atomic E-state index is 12.4. The van der Waals surface area contributed by atoms with Crippen molar-refractivity contribution in [2.45, 2.75) is 45.7 Å². The first-order valence-corrected chi connectivity index (χ1v) is 9.44. The molecule has 27 heavy (non-hydrogen) atoms. The fourth-order valence-corrected chi connectivity index (χ4v) is 3.06. The standard InChI is InChI=1S/C22H27N3O2/c1-14-8-9-15(2)19(12-14)16(3)23-13-21(26)25-20-7-5-4-6-18(20)22(27)24-17-10-11-17/h4-9,12,16-17,23H,10-11,13H2,1-3H3,(H,24,27)(H,25,26). The monoisotopic (exact) mass is 365 g/mol. The topological polar surface area (TPSA) is 70.2 Å². The van der Waals surface area contributed by atoms with Crippen molar-refractivity contribution in [1.82, 2.24) is 10.6 Å². The van der Waals surface area contributed by atoms with Crippen molar-refractivity contribution in [2.75, 3.05) is 11.9 Å². The molecule has 3 N–H and O–H groups in total. The molecule has 3 rings (SSSR count). The lowest BCUT2D eigenvalue weighted by atomic mass is 10.00. The molecule has 0 aromatic heterocycles. The molecule has 2 amide bonds. The molecule has 0 aliphatic heterocycles. The Labute approximate surface area is 160 Å². The summed E-state index contributed by atoms with van der Waals surface area (Å²) in [5.41, 5.74) is 4.63. The summed E-state index contributed by atoms with van der Waals surface area (Å²) in [5.74, 6) is -0.302. The molecule has 2 aromatic rings. The number of hydrogen-bond acceptors (Lipinski definition) is 3. The number of anilines is 1. The largest absolute Gasteiger partial charge is 0.349 e. The lowest BCUT2D eigenvalue weighted by molar-refractivity contribution is -0.115. The van der Waals surface area contributed by atoms with Gasteiger partial charge < -0.3 is 16.0 Å². The summed E-state index contributed by atoms with van der Waals surface area (Å²) in [6.45, 7) is 6.35. The Bertz CT molecular complexity index is 843. The highest BCUT2D eigenvalue weighted by Gasteiger charge is 2.25. The summed E-state index contributed by atoms with van der Waals surface area (Å²) in [4.78, 5) is 24.7. The van der Waals surface area contributed by atoms with Crippen LogP contribution >= 0.6 is 0 Å². The average Bonchev–Trinajstić information content (AvgIpc) is 3.46. The van der Waals surface area contributed by atoms with Crippen molar-refractivity contribution in [1.29, 1.82) is 0 Å². The number of rotatable bonds is 7. The van der Waals surface area contributed by atoms with E-state index in [1.165, 1.54) is 16.7 Å². The lowest BCUT2D eigenvalue weighted by Gasteiger charge is -2.17. The smallest absolute Gasteiger partial charge is 0.253 e. The summed E-state index contributed by atoms with van der Waals surface area (Å²) in [6, 6.07) is 13.8. The summed E-state index contributed by atoms with van der Waals surface area (Å²) < 4.78 is 0. The second-order valence-corrected chi connectivity index (χ2v) is 7.30. The van der Waals surface area contributed by atoms with Gasteiger partial charge in [0, 0.05) is 12.1 Å². The Hall–Kier alpha value is -2.66. The molecule has 0 saturated heterocycles. The first-order chi connectivity index (χ1) is 12.9. The van der Waals surface area contributed by atoms with Gasteiger partial charge in [-0.1, -0.05) is 35.9 Å². The lowest BCUT2D eigenvalue weighted by Crippen LogP contribution is -2.32. The highest BCUT2D eigenvalue weighted by molar-refractivity contribution is 6.04. The molecule has 0 radical (unpaired) electrons. The Morgan fingerprint density at radius 2 is 1.85 bits per heavy atom. The highest BCUT2D eigenvalue weighted by atomic mass is 16.2. The zero-order valence-electron chi connectivity index (χ0n) is 16.1. The molecule has 1 atom stereocenters. The zero-order chi connectivity index (χ0) is 19.4. The van der Waals surface area contributed by atoms with Crippen molar-refractivity contribution in [3.63, 3.8) is 0 Å². The minimum atomic E-state index is -0.168. The summed E-state index contributed by atoms with van der Waals surface area (Å²) in [5, 5.41) is 9.08. The number of nitrogens with one attached hydrogen (secondary N) is 3. The van der Waals surface area contributed by atoms with E-state index in [1.54, 1.807) is 18.2 Å². The van der Waals surface area contributed by atoms with Crippen LogP contribution in [0.15, 0.2) is 42.5 Å². The fourth-order valence-electron chi connectivity index (χ4n) is 3.06. The Morgan fingerprint density at radius 1 is 1.11 bits per heavy atom. The van der Waals surface area contributed by atoms with Crippen molar-refractivity contribution in [3.8, 4) is 0 Å². The van der Waals surface area contributed by atoms with Gasteiger partial charge >= 0.3 is 0 Å². The number of carbonyl (C=O) groups excluding carboxylic acids is 2. The maximum atomic E-state index is 12.4. The third-order valence-electron chi connectivity index (χ3n) is 4.83. The minimum Gasteiger partial charge on any atom is -0.349 e. The molecule has 1 saturated carbocycles.